The second-order valence-electron chi connectivity index (χ2n) is 5.19. The van der Waals surface area contributed by atoms with E-state index in [9.17, 15) is 20.0 Å². The number of non-ortho nitro benzene ring substituents is 1. The minimum absolute atomic E-state index is 0.0613. The number of nitrogens with zero attached hydrogens (tertiary/aromatic N) is 1. The first kappa shape index (κ1) is 16.5. The van der Waals surface area contributed by atoms with Crippen molar-refractivity contribution in [2.75, 3.05) is 6.61 Å². The molecule has 0 spiro atoms. The van der Waals surface area contributed by atoms with Gasteiger partial charge in [0.2, 0.25) is 0 Å². The third kappa shape index (κ3) is 4.54. The van der Waals surface area contributed by atoms with Crippen molar-refractivity contribution in [3.05, 3.63) is 69.8 Å². The molecule has 0 radical (unpaired) electrons. The van der Waals surface area contributed by atoms with E-state index in [2.05, 4.69) is 0 Å². The summed E-state index contributed by atoms with van der Waals surface area (Å²) in [6.45, 7) is 2.22. The molecule has 0 bridgehead atoms. The summed E-state index contributed by atoms with van der Waals surface area (Å²) in [6, 6.07) is 13.1. The van der Waals surface area contributed by atoms with Crippen molar-refractivity contribution in [2.24, 2.45) is 0 Å². The van der Waals surface area contributed by atoms with E-state index in [-0.39, 0.29) is 18.7 Å². The molecule has 0 aliphatic carbocycles. The van der Waals surface area contributed by atoms with Crippen LogP contribution in [0.2, 0.25) is 0 Å². The molecule has 0 heterocycles. The number of carbonyl (C=O) groups is 1. The highest BCUT2D eigenvalue weighted by molar-refractivity contribution is 5.76. The lowest BCUT2D eigenvalue weighted by Crippen LogP contribution is -2.15. The zero-order chi connectivity index (χ0) is 16.8. The molecule has 0 saturated carbocycles. The molecule has 6 nitrogen and oxygen atoms in total. The van der Waals surface area contributed by atoms with E-state index in [4.69, 9.17) is 4.74 Å². The Labute approximate surface area is 133 Å². The first-order valence-corrected chi connectivity index (χ1v) is 7.14. The molecule has 2 aromatic carbocycles. The Hall–Kier alpha value is -2.89. The van der Waals surface area contributed by atoms with Crippen LogP contribution < -0.4 is 4.74 Å². The second-order valence-corrected chi connectivity index (χ2v) is 5.19. The van der Waals surface area contributed by atoms with Crippen LogP contribution in [0, 0.1) is 17.0 Å². The number of carboxylic acid groups (broad SMARTS) is 1. The fraction of sp³-hybridized carbons (Fsp3) is 0.235. The maximum atomic E-state index is 11.4. The predicted octanol–water partition coefficient (Wildman–Crippen LogP) is 3.54. The summed E-state index contributed by atoms with van der Waals surface area (Å²) in [4.78, 5) is 21.5. The summed E-state index contributed by atoms with van der Waals surface area (Å²) in [5.74, 6) is -1.06. The number of hydrogen-bond donors (Lipinski definition) is 1. The van der Waals surface area contributed by atoms with Gasteiger partial charge in [-0.2, -0.15) is 0 Å². The molecule has 120 valence electrons. The number of benzene rings is 2. The van der Waals surface area contributed by atoms with Crippen molar-refractivity contribution >= 4 is 11.7 Å². The molecule has 0 saturated heterocycles. The molecule has 1 unspecified atom stereocenters. The quantitative estimate of drug-likeness (QED) is 0.623. The van der Waals surface area contributed by atoms with Gasteiger partial charge in [0, 0.05) is 12.1 Å². The van der Waals surface area contributed by atoms with E-state index in [1.54, 1.807) is 0 Å². The number of rotatable bonds is 7. The molecule has 1 atom stereocenters. The summed E-state index contributed by atoms with van der Waals surface area (Å²) in [5, 5.41) is 20.0. The first-order valence-electron chi connectivity index (χ1n) is 7.14. The number of ether oxygens (including phenoxy) is 1. The van der Waals surface area contributed by atoms with Crippen LogP contribution in [-0.2, 0) is 4.79 Å². The maximum absolute atomic E-state index is 11.4. The molecule has 0 amide bonds. The van der Waals surface area contributed by atoms with Gasteiger partial charge in [-0.3, -0.25) is 14.9 Å². The summed E-state index contributed by atoms with van der Waals surface area (Å²) in [7, 11) is 0. The minimum Gasteiger partial charge on any atom is -0.494 e. The topological polar surface area (TPSA) is 89.7 Å². The highest BCUT2D eigenvalue weighted by Gasteiger charge is 2.20. The molecule has 0 aliphatic heterocycles. The van der Waals surface area contributed by atoms with Crippen molar-refractivity contribution in [3.8, 4) is 5.75 Å². The van der Waals surface area contributed by atoms with E-state index in [1.165, 1.54) is 24.3 Å². The first-order chi connectivity index (χ1) is 11.0. The zero-order valence-corrected chi connectivity index (χ0v) is 12.6. The molecule has 6 heteroatoms. The van der Waals surface area contributed by atoms with Gasteiger partial charge in [0.05, 0.1) is 17.4 Å². The predicted molar refractivity (Wildman–Crippen MR) is 84.8 cm³/mol. The van der Waals surface area contributed by atoms with E-state index >= 15 is 0 Å². The molecule has 0 aliphatic rings. The van der Waals surface area contributed by atoms with Crippen LogP contribution in [0.4, 0.5) is 5.69 Å². The van der Waals surface area contributed by atoms with Crippen molar-refractivity contribution < 1.29 is 19.6 Å². The molecule has 0 aromatic heterocycles. The zero-order valence-electron chi connectivity index (χ0n) is 12.6. The van der Waals surface area contributed by atoms with Gasteiger partial charge in [0.1, 0.15) is 5.75 Å². The standard InChI is InChI=1S/C17H17NO5/c1-12-2-8-15(9-3-12)23-11-10-16(17(19)20)13-4-6-14(7-5-13)18(21)22/h2-9,16H,10-11H2,1H3,(H,19,20). The molecular formula is C17H17NO5. The Bertz CT molecular complexity index is 679. The summed E-state index contributed by atoms with van der Waals surface area (Å²) < 4.78 is 5.55. The number of nitro groups is 1. The summed E-state index contributed by atoms with van der Waals surface area (Å²) >= 11 is 0. The fourth-order valence-corrected chi connectivity index (χ4v) is 2.19. The Morgan fingerprint density at radius 2 is 1.78 bits per heavy atom. The van der Waals surface area contributed by atoms with Crippen molar-refractivity contribution in [1.29, 1.82) is 0 Å². The number of carboxylic acids is 1. The fourth-order valence-electron chi connectivity index (χ4n) is 2.19. The normalized spacial score (nSPS) is 11.7. The van der Waals surface area contributed by atoms with Crippen molar-refractivity contribution in [1.82, 2.24) is 0 Å². The van der Waals surface area contributed by atoms with E-state index in [1.807, 2.05) is 31.2 Å². The van der Waals surface area contributed by atoms with Gasteiger partial charge in [0.25, 0.3) is 5.69 Å². The molecule has 2 aromatic rings. The third-order valence-corrected chi connectivity index (χ3v) is 3.50. The molecular weight excluding hydrogens is 298 g/mol. The second kappa shape index (κ2) is 7.40. The smallest absolute Gasteiger partial charge is 0.311 e. The monoisotopic (exact) mass is 315 g/mol. The number of hydrogen-bond acceptors (Lipinski definition) is 4. The van der Waals surface area contributed by atoms with Crippen LogP contribution in [0.3, 0.4) is 0 Å². The summed E-state index contributed by atoms with van der Waals surface area (Å²) in [6.07, 6.45) is 0.279. The Morgan fingerprint density at radius 1 is 1.17 bits per heavy atom. The Balaban J connectivity index is 1.99. The van der Waals surface area contributed by atoms with Crippen LogP contribution in [0.1, 0.15) is 23.5 Å². The van der Waals surface area contributed by atoms with Gasteiger partial charge < -0.3 is 9.84 Å². The van der Waals surface area contributed by atoms with Gasteiger partial charge in [0.15, 0.2) is 0 Å². The number of nitro benzene ring substituents is 1. The van der Waals surface area contributed by atoms with Gasteiger partial charge in [-0.1, -0.05) is 29.8 Å². The average molecular weight is 315 g/mol. The van der Waals surface area contributed by atoms with Gasteiger partial charge in [-0.15, -0.1) is 0 Å². The highest BCUT2D eigenvalue weighted by atomic mass is 16.6. The summed E-state index contributed by atoms with van der Waals surface area (Å²) in [5.41, 5.74) is 1.58. The Kier molecular flexibility index (Phi) is 5.30. The minimum atomic E-state index is -0.980. The lowest BCUT2D eigenvalue weighted by atomic mass is 9.96. The molecule has 2 rings (SSSR count). The highest BCUT2D eigenvalue weighted by Crippen LogP contribution is 2.23. The number of aliphatic carboxylic acids is 1. The van der Waals surface area contributed by atoms with E-state index in [0.29, 0.717) is 11.3 Å². The molecule has 0 fully saturated rings. The van der Waals surface area contributed by atoms with Crippen molar-refractivity contribution in [2.45, 2.75) is 19.3 Å². The third-order valence-electron chi connectivity index (χ3n) is 3.50. The van der Waals surface area contributed by atoms with E-state index < -0.39 is 16.8 Å². The van der Waals surface area contributed by atoms with Gasteiger partial charge in [-0.05, 0) is 31.0 Å². The molecule has 23 heavy (non-hydrogen) atoms. The van der Waals surface area contributed by atoms with Crippen LogP contribution >= 0.6 is 0 Å². The SMILES string of the molecule is Cc1ccc(OCCC(C(=O)O)c2ccc([N+](=O)[O-])cc2)cc1. The van der Waals surface area contributed by atoms with Crippen molar-refractivity contribution in [3.63, 3.8) is 0 Å². The van der Waals surface area contributed by atoms with Gasteiger partial charge in [-0.25, -0.2) is 0 Å². The van der Waals surface area contributed by atoms with Crippen LogP contribution in [0.5, 0.6) is 5.75 Å². The lowest BCUT2D eigenvalue weighted by Gasteiger charge is -2.13. The van der Waals surface area contributed by atoms with Crippen LogP contribution in [-0.4, -0.2) is 22.6 Å². The largest absolute Gasteiger partial charge is 0.494 e. The lowest BCUT2D eigenvalue weighted by molar-refractivity contribution is -0.384. The van der Waals surface area contributed by atoms with Crippen LogP contribution in [0.25, 0.3) is 0 Å². The molecule has 1 N–H and O–H groups in total. The van der Waals surface area contributed by atoms with Crippen LogP contribution in [0.15, 0.2) is 48.5 Å². The average Bonchev–Trinajstić information content (AvgIpc) is 2.53. The maximum Gasteiger partial charge on any atom is 0.311 e. The Morgan fingerprint density at radius 3 is 2.30 bits per heavy atom. The number of aryl methyl sites for hydroxylation is 1. The van der Waals surface area contributed by atoms with E-state index in [0.717, 1.165) is 5.56 Å². The van der Waals surface area contributed by atoms with Gasteiger partial charge >= 0.3 is 5.97 Å².